The van der Waals surface area contributed by atoms with Gasteiger partial charge in [0.15, 0.2) is 0 Å². The molecule has 0 bridgehead atoms. The molecule has 2 rings (SSSR count). The van der Waals surface area contributed by atoms with Crippen LogP contribution < -0.4 is 5.32 Å². The molecule has 5 nitrogen and oxygen atoms in total. The van der Waals surface area contributed by atoms with Gasteiger partial charge in [-0.15, -0.1) is 0 Å². The van der Waals surface area contributed by atoms with E-state index in [2.05, 4.69) is 34.1 Å². The normalized spacial score (nSPS) is 25.1. The molecule has 116 valence electrons. The van der Waals surface area contributed by atoms with E-state index in [0.717, 1.165) is 52.2 Å². The van der Waals surface area contributed by atoms with Gasteiger partial charge in [-0.1, -0.05) is 6.42 Å². The SMILES string of the molecule is CN(C)CCN1CCN(C(=O)CC2CCCCN2)CC1. The molecule has 0 radical (unpaired) electrons. The van der Waals surface area contributed by atoms with E-state index in [9.17, 15) is 4.79 Å². The molecule has 0 aromatic heterocycles. The topological polar surface area (TPSA) is 38.8 Å². The second-order valence-electron chi connectivity index (χ2n) is 6.38. The zero-order valence-electron chi connectivity index (χ0n) is 13.1. The van der Waals surface area contributed by atoms with Crippen LogP contribution in [0.3, 0.4) is 0 Å². The molecule has 5 heteroatoms. The molecule has 2 aliphatic heterocycles. The monoisotopic (exact) mass is 282 g/mol. The first kappa shape index (κ1) is 15.7. The van der Waals surface area contributed by atoms with Crippen molar-refractivity contribution in [3.63, 3.8) is 0 Å². The molecule has 0 saturated carbocycles. The molecule has 2 heterocycles. The van der Waals surface area contributed by atoms with Gasteiger partial charge in [0, 0.05) is 51.7 Å². The van der Waals surface area contributed by atoms with E-state index in [0.29, 0.717) is 18.4 Å². The lowest BCUT2D eigenvalue weighted by molar-refractivity contribution is -0.133. The largest absolute Gasteiger partial charge is 0.340 e. The van der Waals surface area contributed by atoms with E-state index in [1.165, 1.54) is 12.8 Å². The van der Waals surface area contributed by atoms with Gasteiger partial charge in [0.1, 0.15) is 0 Å². The summed E-state index contributed by atoms with van der Waals surface area (Å²) in [4.78, 5) is 19.0. The highest BCUT2D eigenvalue weighted by atomic mass is 16.2. The second-order valence-corrected chi connectivity index (χ2v) is 6.38. The molecule has 2 aliphatic rings. The van der Waals surface area contributed by atoms with Crippen LogP contribution in [0.15, 0.2) is 0 Å². The number of rotatable bonds is 5. The maximum atomic E-state index is 12.3. The van der Waals surface area contributed by atoms with E-state index in [-0.39, 0.29) is 0 Å². The summed E-state index contributed by atoms with van der Waals surface area (Å²) in [5.41, 5.74) is 0. The standard InChI is InChI=1S/C15H30N4O/c1-17(2)7-8-18-9-11-19(12-10-18)15(20)13-14-5-3-4-6-16-14/h14,16H,3-13H2,1-2H3. The highest BCUT2D eigenvalue weighted by molar-refractivity contribution is 5.77. The maximum absolute atomic E-state index is 12.3. The van der Waals surface area contributed by atoms with Crippen LogP contribution in [-0.2, 0) is 4.79 Å². The van der Waals surface area contributed by atoms with Crippen molar-refractivity contribution in [1.29, 1.82) is 0 Å². The molecule has 2 saturated heterocycles. The molecule has 0 aromatic rings. The van der Waals surface area contributed by atoms with Crippen LogP contribution >= 0.6 is 0 Å². The number of carbonyl (C=O) groups excluding carboxylic acids is 1. The van der Waals surface area contributed by atoms with Gasteiger partial charge in [-0.3, -0.25) is 9.69 Å². The van der Waals surface area contributed by atoms with Gasteiger partial charge in [0.2, 0.25) is 5.91 Å². The van der Waals surface area contributed by atoms with E-state index in [1.54, 1.807) is 0 Å². The first-order chi connectivity index (χ1) is 9.65. The molecule has 1 N–H and O–H groups in total. The number of amides is 1. The number of hydrogen-bond donors (Lipinski definition) is 1. The summed E-state index contributed by atoms with van der Waals surface area (Å²) in [5, 5.41) is 3.47. The summed E-state index contributed by atoms with van der Waals surface area (Å²) in [6, 6.07) is 0.419. The second kappa shape index (κ2) is 7.96. The predicted octanol–water partition coefficient (Wildman–Crippen LogP) is 0.224. The van der Waals surface area contributed by atoms with Gasteiger partial charge in [-0.05, 0) is 33.5 Å². The van der Waals surface area contributed by atoms with Crippen LogP contribution in [0.1, 0.15) is 25.7 Å². The third-order valence-corrected chi connectivity index (χ3v) is 4.42. The fourth-order valence-electron chi connectivity index (χ4n) is 3.00. The van der Waals surface area contributed by atoms with E-state index in [1.807, 2.05) is 0 Å². The highest BCUT2D eigenvalue weighted by Gasteiger charge is 2.24. The molecule has 1 amide bonds. The number of nitrogens with one attached hydrogen (secondary N) is 1. The summed E-state index contributed by atoms with van der Waals surface area (Å²) in [6.07, 6.45) is 4.38. The number of carbonyl (C=O) groups is 1. The number of piperazine rings is 1. The van der Waals surface area contributed by atoms with Crippen molar-refractivity contribution < 1.29 is 4.79 Å². The molecule has 1 unspecified atom stereocenters. The molecule has 0 aliphatic carbocycles. The average Bonchev–Trinajstić information content (AvgIpc) is 2.46. The van der Waals surface area contributed by atoms with Gasteiger partial charge >= 0.3 is 0 Å². The van der Waals surface area contributed by atoms with Crippen molar-refractivity contribution in [3.05, 3.63) is 0 Å². The Labute approximate surface area is 123 Å². The Bertz CT molecular complexity index is 294. The maximum Gasteiger partial charge on any atom is 0.224 e. The summed E-state index contributed by atoms with van der Waals surface area (Å²) < 4.78 is 0. The Morgan fingerprint density at radius 3 is 2.55 bits per heavy atom. The first-order valence-corrected chi connectivity index (χ1v) is 8.03. The Balaban J connectivity index is 1.66. The van der Waals surface area contributed by atoms with Crippen molar-refractivity contribution >= 4 is 5.91 Å². The number of nitrogens with zero attached hydrogens (tertiary/aromatic N) is 3. The minimum atomic E-state index is 0.344. The summed E-state index contributed by atoms with van der Waals surface area (Å²) in [7, 11) is 4.22. The van der Waals surface area contributed by atoms with Gasteiger partial charge in [0.05, 0.1) is 0 Å². The van der Waals surface area contributed by atoms with Gasteiger partial charge in [-0.25, -0.2) is 0 Å². The Morgan fingerprint density at radius 1 is 1.20 bits per heavy atom. The molecule has 1 atom stereocenters. The summed E-state index contributed by atoms with van der Waals surface area (Å²) in [6.45, 7) is 7.14. The lowest BCUT2D eigenvalue weighted by Crippen LogP contribution is -2.51. The van der Waals surface area contributed by atoms with Crippen molar-refractivity contribution in [1.82, 2.24) is 20.0 Å². The number of hydrogen-bond acceptors (Lipinski definition) is 4. The van der Waals surface area contributed by atoms with Crippen LogP contribution in [0.4, 0.5) is 0 Å². The van der Waals surface area contributed by atoms with Crippen LogP contribution in [0.2, 0.25) is 0 Å². The predicted molar refractivity (Wildman–Crippen MR) is 81.8 cm³/mol. The van der Waals surface area contributed by atoms with E-state index < -0.39 is 0 Å². The minimum Gasteiger partial charge on any atom is -0.340 e. The molecule has 0 aromatic carbocycles. The fourth-order valence-corrected chi connectivity index (χ4v) is 3.00. The van der Waals surface area contributed by atoms with Crippen molar-refractivity contribution in [3.8, 4) is 0 Å². The van der Waals surface area contributed by atoms with Crippen molar-refractivity contribution in [2.75, 3.05) is 59.9 Å². The van der Waals surface area contributed by atoms with Crippen molar-refractivity contribution in [2.24, 2.45) is 0 Å². The van der Waals surface area contributed by atoms with Crippen LogP contribution in [-0.4, -0.2) is 86.6 Å². The summed E-state index contributed by atoms with van der Waals surface area (Å²) in [5.74, 6) is 0.344. The third-order valence-electron chi connectivity index (χ3n) is 4.42. The molecule has 0 spiro atoms. The fraction of sp³-hybridized carbons (Fsp3) is 0.933. The molecular weight excluding hydrogens is 252 g/mol. The highest BCUT2D eigenvalue weighted by Crippen LogP contribution is 2.12. The zero-order chi connectivity index (χ0) is 14.4. The average molecular weight is 282 g/mol. The third kappa shape index (κ3) is 5.04. The minimum absolute atomic E-state index is 0.344. The quantitative estimate of drug-likeness (QED) is 0.783. The molecule has 2 fully saturated rings. The van der Waals surface area contributed by atoms with Crippen molar-refractivity contribution in [2.45, 2.75) is 31.7 Å². The molecule has 20 heavy (non-hydrogen) atoms. The van der Waals surface area contributed by atoms with Crippen LogP contribution in [0.25, 0.3) is 0 Å². The first-order valence-electron chi connectivity index (χ1n) is 8.03. The van der Waals surface area contributed by atoms with Gasteiger partial charge < -0.3 is 15.1 Å². The Morgan fingerprint density at radius 2 is 1.95 bits per heavy atom. The van der Waals surface area contributed by atoms with Crippen LogP contribution in [0, 0.1) is 0 Å². The smallest absolute Gasteiger partial charge is 0.224 e. The van der Waals surface area contributed by atoms with E-state index in [4.69, 9.17) is 0 Å². The van der Waals surface area contributed by atoms with Gasteiger partial charge in [-0.2, -0.15) is 0 Å². The zero-order valence-corrected chi connectivity index (χ0v) is 13.1. The Hall–Kier alpha value is -0.650. The lowest BCUT2D eigenvalue weighted by atomic mass is 10.0. The number of likely N-dealkylation sites (N-methyl/N-ethyl adjacent to an activating group) is 1. The Kier molecular flexibility index (Phi) is 6.26. The van der Waals surface area contributed by atoms with Crippen LogP contribution in [0.5, 0.6) is 0 Å². The molecular formula is C15H30N4O. The van der Waals surface area contributed by atoms with Gasteiger partial charge in [0.25, 0.3) is 0 Å². The summed E-state index contributed by atoms with van der Waals surface area (Å²) >= 11 is 0. The number of piperidine rings is 1. The lowest BCUT2D eigenvalue weighted by Gasteiger charge is -2.36. The van der Waals surface area contributed by atoms with E-state index >= 15 is 0 Å².